The Bertz CT molecular complexity index is 1250. The number of thioether (sulfide) groups is 1. The molecule has 0 aliphatic rings. The van der Waals surface area contributed by atoms with E-state index in [4.69, 9.17) is 28.9 Å². The number of nitrogens with two attached hydrogens (primary N) is 1. The highest BCUT2D eigenvalue weighted by molar-refractivity contribution is 7.99. The summed E-state index contributed by atoms with van der Waals surface area (Å²) < 4.78 is 1.58. The van der Waals surface area contributed by atoms with Crippen LogP contribution in [0.2, 0.25) is 10.0 Å². The largest absolute Gasteiger partial charge is 0.385 e. The first-order valence-corrected chi connectivity index (χ1v) is 11.7. The number of nitrogen functional groups attached to an aromatic ring is 1. The summed E-state index contributed by atoms with van der Waals surface area (Å²) in [7, 11) is 0. The first kappa shape index (κ1) is 25.3. The fourth-order valence-corrected chi connectivity index (χ4v) is 4.13. The summed E-state index contributed by atoms with van der Waals surface area (Å²) in [5.41, 5.74) is 6.67. The predicted octanol–water partition coefficient (Wildman–Crippen LogP) is 3.74. The van der Waals surface area contributed by atoms with E-state index >= 15 is 0 Å². The van der Waals surface area contributed by atoms with Gasteiger partial charge in [0, 0.05) is 42.0 Å². The van der Waals surface area contributed by atoms with Gasteiger partial charge in [0.2, 0.25) is 5.91 Å². The number of rotatable bonds is 10. The summed E-state index contributed by atoms with van der Waals surface area (Å²) in [5.74, 6) is -0.00985. The van der Waals surface area contributed by atoms with E-state index in [0.717, 1.165) is 11.8 Å². The maximum Gasteiger partial charge on any atom is 0.275 e. The van der Waals surface area contributed by atoms with Crippen LogP contribution in [0.5, 0.6) is 0 Å². The Morgan fingerprint density at radius 2 is 1.88 bits per heavy atom. The minimum Gasteiger partial charge on any atom is -0.385 e. The van der Waals surface area contributed by atoms with E-state index in [1.165, 1.54) is 24.3 Å². The highest BCUT2D eigenvalue weighted by atomic mass is 35.5. The van der Waals surface area contributed by atoms with E-state index in [1.54, 1.807) is 28.8 Å². The molecular formula is C21H20Cl2N6O4S. The maximum absolute atomic E-state index is 12.3. The van der Waals surface area contributed by atoms with Crippen molar-refractivity contribution in [3.05, 3.63) is 79.0 Å². The molecule has 0 atom stereocenters. The van der Waals surface area contributed by atoms with Crippen molar-refractivity contribution >= 4 is 58.1 Å². The number of carbonyl (C=O) groups excluding carboxylic acids is 1. The SMILES string of the molecule is Nc1cc(=O)nc(SCC(=O)NCCCNc2ccc([N+](=O)[O-])cc2Cl)n1-c1ccc(Cl)cc1. The molecule has 4 N–H and O–H groups in total. The monoisotopic (exact) mass is 522 g/mol. The molecule has 0 radical (unpaired) electrons. The summed E-state index contributed by atoms with van der Waals surface area (Å²) in [6.07, 6.45) is 0.593. The molecule has 178 valence electrons. The van der Waals surface area contributed by atoms with E-state index < -0.39 is 10.5 Å². The first-order valence-electron chi connectivity index (χ1n) is 9.97. The summed E-state index contributed by atoms with van der Waals surface area (Å²) in [6.45, 7) is 0.892. The molecule has 1 heterocycles. The molecule has 0 saturated carbocycles. The molecule has 10 nitrogen and oxygen atoms in total. The van der Waals surface area contributed by atoms with Gasteiger partial charge in [-0.15, -0.1) is 0 Å². The molecule has 34 heavy (non-hydrogen) atoms. The molecule has 0 spiro atoms. The molecule has 3 rings (SSSR count). The molecule has 0 fully saturated rings. The Hall–Kier alpha value is -3.28. The van der Waals surface area contributed by atoms with E-state index in [2.05, 4.69) is 15.6 Å². The average Bonchev–Trinajstić information content (AvgIpc) is 2.79. The molecule has 0 unspecified atom stereocenters. The van der Waals surface area contributed by atoms with Gasteiger partial charge in [0.05, 0.1) is 21.4 Å². The summed E-state index contributed by atoms with van der Waals surface area (Å²) in [4.78, 5) is 38.3. The van der Waals surface area contributed by atoms with Crippen LogP contribution in [0.4, 0.5) is 17.2 Å². The molecule has 0 aliphatic carbocycles. The van der Waals surface area contributed by atoms with Crippen LogP contribution in [0.1, 0.15) is 6.42 Å². The number of non-ortho nitro benzene ring substituents is 1. The van der Waals surface area contributed by atoms with Gasteiger partial charge in [0.15, 0.2) is 5.16 Å². The number of hydrogen-bond acceptors (Lipinski definition) is 8. The number of anilines is 2. The minimum absolute atomic E-state index is 0.0328. The molecule has 3 aromatic rings. The van der Waals surface area contributed by atoms with Crippen molar-refractivity contribution in [2.45, 2.75) is 11.6 Å². The number of amides is 1. The lowest BCUT2D eigenvalue weighted by Gasteiger charge is -2.14. The number of benzene rings is 2. The number of carbonyl (C=O) groups is 1. The van der Waals surface area contributed by atoms with Crippen molar-refractivity contribution < 1.29 is 9.72 Å². The van der Waals surface area contributed by atoms with Gasteiger partial charge < -0.3 is 16.4 Å². The van der Waals surface area contributed by atoms with Crippen molar-refractivity contribution in [2.24, 2.45) is 0 Å². The zero-order chi connectivity index (χ0) is 24.7. The van der Waals surface area contributed by atoms with E-state index in [1.807, 2.05) is 0 Å². The second-order valence-electron chi connectivity index (χ2n) is 6.95. The third-order valence-electron chi connectivity index (χ3n) is 4.50. The molecule has 2 aromatic carbocycles. The number of nitrogens with zero attached hydrogens (tertiary/aromatic N) is 3. The lowest BCUT2D eigenvalue weighted by atomic mass is 10.2. The van der Waals surface area contributed by atoms with Gasteiger partial charge in [-0.25, -0.2) is 0 Å². The summed E-state index contributed by atoms with van der Waals surface area (Å²) in [5, 5.41) is 17.7. The summed E-state index contributed by atoms with van der Waals surface area (Å²) >= 11 is 13.1. The fourth-order valence-electron chi connectivity index (χ4n) is 2.91. The number of hydrogen-bond donors (Lipinski definition) is 3. The molecule has 0 aliphatic heterocycles. The molecule has 1 aromatic heterocycles. The molecule has 0 saturated heterocycles. The normalized spacial score (nSPS) is 10.6. The zero-order valence-corrected chi connectivity index (χ0v) is 20.0. The zero-order valence-electron chi connectivity index (χ0n) is 17.7. The lowest BCUT2D eigenvalue weighted by Crippen LogP contribution is -2.28. The van der Waals surface area contributed by atoms with Gasteiger partial charge in [-0.05, 0) is 36.8 Å². The van der Waals surface area contributed by atoms with Crippen LogP contribution in [0.15, 0.2) is 58.5 Å². The highest BCUT2D eigenvalue weighted by Crippen LogP contribution is 2.26. The third kappa shape index (κ3) is 6.86. The van der Waals surface area contributed by atoms with Crippen LogP contribution < -0.4 is 21.9 Å². The van der Waals surface area contributed by atoms with Gasteiger partial charge in [-0.3, -0.25) is 24.3 Å². The van der Waals surface area contributed by atoms with Gasteiger partial charge in [0.25, 0.3) is 11.2 Å². The molecule has 13 heteroatoms. The maximum atomic E-state index is 12.3. The van der Waals surface area contributed by atoms with Gasteiger partial charge in [-0.1, -0.05) is 35.0 Å². The Morgan fingerprint density at radius 1 is 1.15 bits per heavy atom. The standard InChI is InChI=1S/C21H20Cl2N6O4S/c22-13-2-4-14(5-3-13)28-18(24)11-19(30)27-21(28)34-12-20(31)26-9-1-8-25-17-7-6-15(29(32)33)10-16(17)23/h2-7,10-11,25H,1,8-9,12,24H2,(H,26,31). The van der Waals surface area contributed by atoms with Crippen LogP contribution in [0.25, 0.3) is 5.69 Å². The van der Waals surface area contributed by atoms with Crippen molar-refractivity contribution in [2.75, 3.05) is 29.9 Å². The number of nitro groups is 1. The van der Waals surface area contributed by atoms with Crippen molar-refractivity contribution in [1.82, 2.24) is 14.9 Å². The van der Waals surface area contributed by atoms with Crippen molar-refractivity contribution in [3.8, 4) is 5.69 Å². The highest BCUT2D eigenvalue weighted by Gasteiger charge is 2.13. The minimum atomic E-state index is -0.517. The van der Waals surface area contributed by atoms with Crippen LogP contribution in [0, 0.1) is 10.1 Å². The Labute approximate surface area is 208 Å². The van der Waals surface area contributed by atoms with Crippen LogP contribution in [-0.4, -0.2) is 39.2 Å². The average molecular weight is 523 g/mol. The second kappa shape index (κ2) is 11.7. The number of nitrogens with one attached hydrogen (secondary N) is 2. The molecule has 1 amide bonds. The quantitative estimate of drug-likeness (QED) is 0.120. The fraction of sp³-hybridized carbons (Fsp3) is 0.190. The number of nitro benzene ring substituents is 1. The van der Waals surface area contributed by atoms with Crippen molar-refractivity contribution in [1.29, 1.82) is 0 Å². The Balaban J connectivity index is 1.50. The van der Waals surface area contributed by atoms with Gasteiger partial charge >= 0.3 is 0 Å². The topological polar surface area (TPSA) is 145 Å². The number of halogens is 2. The van der Waals surface area contributed by atoms with E-state index in [0.29, 0.717) is 35.9 Å². The predicted molar refractivity (Wildman–Crippen MR) is 134 cm³/mol. The molecule has 0 bridgehead atoms. The Kier molecular flexibility index (Phi) is 8.74. The van der Waals surface area contributed by atoms with E-state index in [-0.39, 0.29) is 33.3 Å². The van der Waals surface area contributed by atoms with Gasteiger partial charge in [-0.2, -0.15) is 4.98 Å². The lowest BCUT2D eigenvalue weighted by molar-refractivity contribution is -0.384. The van der Waals surface area contributed by atoms with E-state index in [9.17, 15) is 19.7 Å². The first-order chi connectivity index (χ1) is 16.2. The van der Waals surface area contributed by atoms with Crippen LogP contribution >= 0.6 is 35.0 Å². The molecular weight excluding hydrogens is 503 g/mol. The number of aromatic nitrogens is 2. The Morgan fingerprint density at radius 3 is 2.56 bits per heavy atom. The summed E-state index contributed by atoms with van der Waals surface area (Å²) in [6, 6.07) is 12.2. The van der Waals surface area contributed by atoms with Crippen molar-refractivity contribution in [3.63, 3.8) is 0 Å². The van der Waals surface area contributed by atoms with Crippen LogP contribution in [-0.2, 0) is 4.79 Å². The van der Waals surface area contributed by atoms with Gasteiger partial charge in [0.1, 0.15) is 5.82 Å². The third-order valence-corrected chi connectivity index (χ3v) is 6.00. The smallest absolute Gasteiger partial charge is 0.275 e. The van der Waals surface area contributed by atoms with Crippen LogP contribution in [0.3, 0.4) is 0 Å². The second-order valence-corrected chi connectivity index (χ2v) is 8.74.